The number of carbonyl (C=O) groups is 2. The van der Waals surface area contributed by atoms with Crippen molar-refractivity contribution in [2.45, 2.75) is 45.1 Å². The number of hydrogen-bond donors (Lipinski definition) is 1. The van der Waals surface area contributed by atoms with E-state index in [4.69, 9.17) is 5.73 Å². The van der Waals surface area contributed by atoms with Crippen LogP contribution in [0.1, 0.15) is 60.8 Å². The smallest absolute Gasteiger partial charge is 0.272 e. The van der Waals surface area contributed by atoms with Crippen molar-refractivity contribution in [3.05, 3.63) is 41.7 Å². The minimum Gasteiger partial charge on any atom is -0.369 e. The molecule has 1 saturated heterocycles. The van der Waals surface area contributed by atoms with Crippen molar-refractivity contribution in [1.29, 1.82) is 0 Å². The van der Waals surface area contributed by atoms with Gasteiger partial charge in [-0.05, 0) is 38.8 Å². The molecule has 2 N–H and O–H groups in total. The Hall–Kier alpha value is -2.77. The molecule has 0 spiro atoms. The van der Waals surface area contributed by atoms with Crippen molar-refractivity contribution in [3.8, 4) is 0 Å². The number of nitrogens with zero attached hydrogens (tertiary/aromatic N) is 5. The number of primary amides is 1. The second-order valence-corrected chi connectivity index (χ2v) is 6.85. The highest BCUT2D eigenvalue weighted by atomic mass is 16.2. The highest BCUT2D eigenvalue weighted by molar-refractivity contribution is 5.92. The second kappa shape index (κ2) is 7.63. The number of carbonyl (C=O) groups excluding carboxylic acids is 2. The number of amides is 2. The molecular weight excluding hydrogens is 332 g/mol. The van der Waals surface area contributed by atoms with E-state index in [-0.39, 0.29) is 24.3 Å². The molecule has 1 fully saturated rings. The van der Waals surface area contributed by atoms with Gasteiger partial charge in [-0.15, -0.1) is 0 Å². The van der Waals surface area contributed by atoms with Gasteiger partial charge in [-0.1, -0.05) is 6.07 Å². The fourth-order valence-electron chi connectivity index (χ4n) is 3.26. The van der Waals surface area contributed by atoms with Crippen LogP contribution in [0.2, 0.25) is 0 Å². The van der Waals surface area contributed by atoms with Gasteiger partial charge in [0, 0.05) is 31.2 Å². The van der Waals surface area contributed by atoms with Gasteiger partial charge in [-0.3, -0.25) is 14.6 Å². The Morgan fingerprint density at radius 1 is 1.27 bits per heavy atom. The van der Waals surface area contributed by atoms with Crippen LogP contribution < -0.4 is 5.73 Å². The molecule has 26 heavy (non-hydrogen) atoms. The molecular formula is C18H24N6O2. The third-order valence-electron chi connectivity index (χ3n) is 4.55. The summed E-state index contributed by atoms with van der Waals surface area (Å²) in [6.07, 6.45) is 3.29. The number of nitrogens with two attached hydrogens (primary N) is 1. The quantitative estimate of drug-likeness (QED) is 0.869. The Morgan fingerprint density at radius 2 is 2.00 bits per heavy atom. The molecule has 1 aliphatic rings. The molecule has 8 heteroatoms. The maximum Gasteiger partial charge on any atom is 0.272 e. The molecule has 2 aromatic heterocycles. The van der Waals surface area contributed by atoms with Crippen molar-refractivity contribution in [2.75, 3.05) is 13.1 Å². The van der Waals surface area contributed by atoms with Crippen LogP contribution in [-0.2, 0) is 11.2 Å². The van der Waals surface area contributed by atoms with E-state index < -0.39 is 5.91 Å². The third kappa shape index (κ3) is 3.89. The van der Waals surface area contributed by atoms with E-state index in [2.05, 4.69) is 15.1 Å². The lowest BCUT2D eigenvalue weighted by Gasteiger charge is -2.31. The highest BCUT2D eigenvalue weighted by Gasteiger charge is 2.29. The first-order valence-corrected chi connectivity index (χ1v) is 8.89. The van der Waals surface area contributed by atoms with E-state index in [0.29, 0.717) is 24.6 Å². The molecule has 0 bridgehead atoms. The summed E-state index contributed by atoms with van der Waals surface area (Å²) in [4.78, 5) is 34.2. The van der Waals surface area contributed by atoms with Crippen molar-refractivity contribution < 1.29 is 9.59 Å². The average molecular weight is 356 g/mol. The summed E-state index contributed by atoms with van der Waals surface area (Å²) in [6.45, 7) is 5.37. The lowest BCUT2D eigenvalue weighted by atomic mass is 9.95. The standard InChI is InChI=1S/C18H24N6O2/c1-12(2)24-17(21-16(22-24)11-15(19)25)13-6-9-23(10-7-13)18(26)14-5-3-4-8-20-14/h3-5,8,12-13H,6-7,9-11H2,1-2H3,(H2,19,25). The van der Waals surface area contributed by atoms with Gasteiger partial charge < -0.3 is 10.6 Å². The zero-order chi connectivity index (χ0) is 18.7. The number of rotatable bonds is 5. The summed E-state index contributed by atoms with van der Waals surface area (Å²) in [5.41, 5.74) is 5.74. The summed E-state index contributed by atoms with van der Waals surface area (Å²) in [7, 11) is 0. The molecule has 0 radical (unpaired) electrons. The number of aromatic nitrogens is 4. The van der Waals surface area contributed by atoms with Crippen LogP contribution in [-0.4, -0.2) is 49.6 Å². The van der Waals surface area contributed by atoms with E-state index in [1.165, 1.54) is 0 Å². The zero-order valence-electron chi connectivity index (χ0n) is 15.1. The molecule has 0 aromatic carbocycles. The summed E-state index contributed by atoms with van der Waals surface area (Å²) in [5.74, 6) is 1.07. The lowest BCUT2D eigenvalue weighted by Crippen LogP contribution is -2.38. The van der Waals surface area contributed by atoms with Crippen LogP contribution in [0.25, 0.3) is 0 Å². The van der Waals surface area contributed by atoms with Crippen LogP contribution in [0.3, 0.4) is 0 Å². The van der Waals surface area contributed by atoms with Gasteiger partial charge >= 0.3 is 0 Å². The van der Waals surface area contributed by atoms with E-state index in [1.807, 2.05) is 29.5 Å². The Bertz CT molecular complexity index is 778. The summed E-state index contributed by atoms with van der Waals surface area (Å²) in [6, 6.07) is 5.50. The first kappa shape index (κ1) is 18.0. The molecule has 3 rings (SSSR count). The predicted molar refractivity (Wildman–Crippen MR) is 95.4 cm³/mol. The average Bonchev–Trinajstić information content (AvgIpc) is 3.05. The molecule has 1 aliphatic heterocycles. The predicted octanol–water partition coefficient (Wildman–Crippen LogP) is 1.30. The lowest BCUT2D eigenvalue weighted by molar-refractivity contribution is -0.117. The van der Waals surface area contributed by atoms with Gasteiger partial charge in [-0.25, -0.2) is 9.67 Å². The number of pyridine rings is 1. The third-order valence-corrected chi connectivity index (χ3v) is 4.55. The van der Waals surface area contributed by atoms with Crippen molar-refractivity contribution >= 4 is 11.8 Å². The van der Waals surface area contributed by atoms with Crippen LogP contribution in [0.5, 0.6) is 0 Å². The molecule has 0 aliphatic carbocycles. The highest BCUT2D eigenvalue weighted by Crippen LogP contribution is 2.29. The Kier molecular flexibility index (Phi) is 5.29. The Labute approximate surface area is 152 Å². The minimum absolute atomic E-state index is 0.0382. The Balaban J connectivity index is 1.70. The van der Waals surface area contributed by atoms with Crippen LogP contribution >= 0.6 is 0 Å². The molecule has 2 amide bonds. The molecule has 0 atom stereocenters. The molecule has 0 saturated carbocycles. The first-order chi connectivity index (χ1) is 12.5. The maximum absolute atomic E-state index is 12.5. The van der Waals surface area contributed by atoms with Gasteiger partial charge in [0.2, 0.25) is 5.91 Å². The van der Waals surface area contributed by atoms with Crippen LogP contribution in [0, 0.1) is 0 Å². The van der Waals surface area contributed by atoms with E-state index in [9.17, 15) is 9.59 Å². The largest absolute Gasteiger partial charge is 0.369 e. The maximum atomic E-state index is 12.5. The topological polar surface area (TPSA) is 107 Å². The number of likely N-dealkylation sites (tertiary alicyclic amines) is 1. The van der Waals surface area contributed by atoms with E-state index in [1.54, 1.807) is 18.3 Å². The van der Waals surface area contributed by atoms with Gasteiger partial charge in [0.15, 0.2) is 5.82 Å². The SMILES string of the molecule is CC(C)n1nc(CC(N)=O)nc1C1CCN(C(=O)c2ccccn2)CC1. The number of piperidine rings is 1. The zero-order valence-corrected chi connectivity index (χ0v) is 15.1. The fraction of sp³-hybridized carbons (Fsp3) is 0.500. The van der Waals surface area contributed by atoms with Gasteiger partial charge in [-0.2, -0.15) is 5.10 Å². The molecule has 3 heterocycles. The van der Waals surface area contributed by atoms with Crippen LogP contribution in [0.4, 0.5) is 0 Å². The van der Waals surface area contributed by atoms with E-state index >= 15 is 0 Å². The van der Waals surface area contributed by atoms with Crippen molar-refractivity contribution in [2.24, 2.45) is 5.73 Å². The van der Waals surface area contributed by atoms with Crippen molar-refractivity contribution in [3.63, 3.8) is 0 Å². The summed E-state index contributed by atoms with van der Waals surface area (Å²) >= 11 is 0. The van der Waals surface area contributed by atoms with E-state index in [0.717, 1.165) is 18.7 Å². The van der Waals surface area contributed by atoms with Crippen molar-refractivity contribution in [1.82, 2.24) is 24.6 Å². The van der Waals surface area contributed by atoms with Gasteiger partial charge in [0.05, 0.1) is 6.42 Å². The second-order valence-electron chi connectivity index (χ2n) is 6.85. The summed E-state index contributed by atoms with van der Waals surface area (Å²) in [5, 5.41) is 4.44. The molecule has 0 unspecified atom stereocenters. The van der Waals surface area contributed by atoms with Gasteiger partial charge in [0.25, 0.3) is 5.91 Å². The Morgan fingerprint density at radius 3 is 2.58 bits per heavy atom. The first-order valence-electron chi connectivity index (χ1n) is 8.89. The van der Waals surface area contributed by atoms with Gasteiger partial charge in [0.1, 0.15) is 11.5 Å². The molecule has 2 aromatic rings. The fourth-order valence-corrected chi connectivity index (χ4v) is 3.26. The minimum atomic E-state index is -0.437. The molecule has 8 nitrogen and oxygen atoms in total. The van der Waals surface area contributed by atoms with Crippen LogP contribution in [0.15, 0.2) is 24.4 Å². The monoisotopic (exact) mass is 356 g/mol. The summed E-state index contributed by atoms with van der Waals surface area (Å²) < 4.78 is 1.87. The normalized spacial score (nSPS) is 15.4. The molecule has 138 valence electrons. The number of hydrogen-bond acceptors (Lipinski definition) is 5.